The maximum atomic E-state index is 13.8. The SMILES string of the molecule is Cn1cc(Br)cc1C(=O)NNC(=O)CCc1ccc(-c2ccccc2F)o1. The molecule has 0 bridgehead atoms. The molecule has 6 nitrogen and oxygen atoms in total. The molecule has 2 heterocycles. The molecule has 2 amide bonds. The molecule has 2 aromatic heterocycles. The zero-order valence-corrected chi connectivity index (χ0v) is 16.0. The van der Waals surface area contributed by atoms with Crippen LogP contribution in [0.25, 0.3) is 11.3 Å². The summed E-state index contributed by atoms with van der Waals surface area (Å²) in [5.41, 5.74) is 5.51. The first-order valence-corrected chi connectivity index (χ1v) is 8.98. The zero-order valence-electron chi connectivity index (χ0n) is 14.5. The maximum absolute atomic E-state index is 13.8. The molecule has 140 valence electrons. The zero-order chi connectivity index (χ0) is 19.4. The van der Waals surface area contributed by atoms with E-state index >= 15 is 0 Å². The topological polar surface area (TPSA) is 76.3 Å². The van der Waals surface area contributed by atoms with Crippen LogP contribution in [0.2, 0.25) is 0 Å². The number of rotatable bonds is 5. The van der Waals surface area contributed by atoms with E-state index in [1.54, 1.807) is 54.2 Å². The summed E-state index contributed by atoms with van der Waals surface area (Å²) >= 11 is 3.28. The van der Waals surface area contributed by atoms with Crippen LogP contribution in [0.4, 0.5) is 4.39 Å². The van der Waals surface area contributed by atoms with Crippen molar-refractivity contribution in [3.63, 3.8) is 0 Å². The number of hydrogen-bond acceptors (Lipinski definition) is 3. The van der Waals surface area contributed by atoms with Gasteiger partial charge in [0.2, 0.25) is 5.91 Å². The standard InChI is InChI=1S/C19H17BrFN3O3/c1-24-11-12(20)10-16(24)19(26)23-22-18(25)9-7-13-6-8-17(27-13)14-4-2-3-5-15(14)21/h2-6,8,10-11H,7,9H2,1H3,(H,22,25)(H,23,26). The van der Waals surface area contributed by atoms with Crippen LogP contribution in [0, 0.1) is 5.82 Å². The molecule has 0 atom stereocenters. The van der Waals surface area contributed by atoms with Crippen molar-refractivity contribution in [1.29, 1.82) is 0 Å². The van der Waals surface area contributed by atoms with E-state index in [2.05, 4.69) is 26.8 Å². The van der Waals surface area contributed by atoms with E-state index in [1.807, 2.05) is 0 Å². The first-order chi connectivity index (χ1) is 12.9. The van der Waals surface area contributed by atoms with Gasteiger partial charge in [-0.2, -0.15) is 0 Å². The van der Waals surface area contributed by atoms with Gasteiger partial charge in [-0.1, -0.05) is 12.1 Å². The Bertz CT molecular complexity index is 980. The minimum absolute atomic E-state index is 0.112. The van der Waals surface area contributed by atoms with E-state index in [1.165, 1.54) is 6.07 Å². The molecule has 3 rings (SSSR count). The molecule has 0 aliphatic carbocycles. The van der Waals surface area contributed by atoms with Crippen molar-refractivity contribution < 1.29 is 18.4 Å². The van der Waals surface area contributed by atoms with Gasteiger partial charge in [0.15, 0.2) is 0 Å². The Morgan fingerprint density at radius 3 is 2.67 bits per heavy atom. The van der Waals surface area contributed by atoms with E-state index in [-0.39, 0.29) is 18.1 Å². The van der Waals surface area contributed by atoms with Crippen LogP contribution in [0.3, 0.4) is 0 Å². The Labute approximate surface area is 163 Å². The lowest BCUT2D eigenvalue weighted by Crippen LogP contribution is -2.42. The molecule has 1 aromatic carbocycles. The van der Waals surface area contributed by atoms with Crippen LogP contribution in [0.5, 0.6) is 0 Å². The summed E-state index contributed by atoms with van der Waals surface area (Å²) in [7, 11) is 1.73. The lowest BCUT2D eigenvalue weighted by Gasteiger charge is -2.07. The quantitative estimate of drug-likeness (QED) is 0.603. The fraction of sp³-hybridized carbons (Fsp3) is 0.158. The second-order valence-electron chi connectivity index (χ2n) is 5.90. The van der Waals surface area contributed by atoms with Gasteiger partial charge < -0.3 is 8.98 Å². The number of nitrogens with zero attached hydrogens (tertiary/aromatic N) is 1. The predicted octanol–water partition coefficient (Wildman–Crippen LogP) is 3.58. The van der Waals surface area contributed by atoms with Crippen LogP contribution >= 0.6 is 15.9 Å². The number of hydrogen-bond donors (Lipinski definition) is 2. The summed E-state index contributed by atoms with van der Waals surface area (Å²) in [6.45, 7) is 0. The lowest BCUT2D eigenvalue weighted by atomic mass is 10.1. The molecule has 0 saturated carbocycles. The number of aryl methyl sites for hydroxylation is 2. The van der Waals surface area contributed by atoms with E-state index < -0.39 is 5.91 Å². The summed E-state index contributed by atoms with van der Waals surface area (Å²) in [6.07, 6.45) is 2.17. The van der Waals surface area contributed by atoms with Crippen molar-refractivity contribution in [2.75, 3.05) is 0 Å². The van der Waals surface area contributed by atoms with Crippen molar-refractivity contribution in [1.82, 2.24) is 15.4 Å². The van der Waals surface area contributed by atoms with Gasteiger partial charge in [0.05, 0.1) is 5.56 Å². The number of halogens is 2. The molecule has 0 saturated heterocycles. The third kappa shape index (κ3) is 4.65. The molecule has 0 fully saturated rings. The molecule has 0 aliphatic heterocycles. The average Bonchev–Trinajstić information content (AvgIpc) is 3.24. The highest BCUT2D eigenvalue weighted by Crippen LogP contribution is 2.25. The molecule has 0 spiro atoms. The second-order valence-corrected chi connectivity index (χ2v) is 6.82. The molecule has 27 heavy (non-hydrogen) atoms. The lowest BCUT2D eigenvalue weighted by molar-refractivity contribution is -0.121. The van der Waals surface area contributed by atoms with Gasteiger partial charge in [-0.05, 0) is 46.3 Å². The largest absolute Gasteiger partial charge is 0.461 e. The van der Waals surface area contributed by atoms with E-state index in [4.69, 9.17) is 4.42 Å². The Kier molecular flexibility index (Phi) is 5.75. The van der Waals surface area contributed by atoms with Crippen molar-refractivity contribution in [2.45, 2.75) is 12.8 Å². The van der Waals surface area contributed by atoms with Crippen LogP contribution in [-0.4, -0.2) is 16.4 Å². The fourth-order valence-electron chi connectivity index (χ4n) is 2.56. The number of aromatic nitrogens is 1. The van der Waals surface area contributed by atoms with Crippen molar-refractivity contribution in [3.8, 4) is 11.3 Å². The molecule has 0 aliphatic rings. The van der Waals surface area contributed by atoms with Crippen LogP contribution in [-0.2, 0) is 18.3 Å². The molecular formula is C19H17BrFN3O3. The predicted molar refractivity (Wildman–Crippen MR) is 101 cm³/mol. The van der Waals surface area contributed by atoms with Crippen LogP contribution < -0.4 is 10.9 Å². The molecule has 0 unspecified atom stereocenters. The van der Waals surface area contributed by atoms with Gasteiger partial charge in [-0.3, -0.25) is 20.4 Å². The van der Waals surface area contributed by atoms with Crippen molar-refractivity contribution in [3.05, 3.63) is 70.4 Å². The van der Waals surface area contributed by atoms with Crippen molar-refractivity contribution in [2.24, 2.45) is 7.05 Å². The molecule has 8 heteroatoms. The molecular weight excluding hydrogens is 417 g/mol. The fourth-order valence-corrected chi connectivity index (χ4v) is 3.08. The highest BCUT2D eigenvalue weighted by molar-refractivity contribution is 9.10. The van der Waals surface area contributed by atoms with Gasteiger partial charge >= 0.3 is 0 Å². The number of benzene rings is 1. The number of amides is 2. The third-order valence-corrected chi connectivity index (χ3v) is 4.35. The Morgan fingerprint density at radius 1 is 1.19 bits per heavy atom. The second kappa shape index (κ2) is 8.22. The highest BCUT2D eigenvalue weighted by atomic mass is 79.9. The summed E-state index contributed by atoms with van der Waals surface area (Å²) in [5.74, 6) is -0.185. The number of furan rings is 1. The first kappa shape index (κ1) is 18.9. The minimum Gasteiger partial charge on any atom is -0.461 e. The highest BCUT2D eigenvalue weighted by Gasteiger charge is 2.13. The van der Waals surface area contributed by atoms with E-state index in [0.717, 1.165) is 4.47 Å². The first-order valence-electron chi connectivity index (χ1n) is 8.18. The molecule has 3 aromatic rings. The van der Waals surface area contributed by atoms with Gasteiger partial charge in [0.25, 0.3) is 5.91 Å². The number of carbonyl (C=O) groups excluding carboxylic acids is 2. The maximum Gasteiger partial charge on any atom is 0.286 e. The normalized spacial score (nSPS) is 10.6. The molecule has 0 radical (unpaired) electrons. The average molecular weight is 434 g/mol. The monoisotopic (exact) mass is 433 g/mol. The minimum atomic E-state index is -0.420. The summed E-state index contributed by atoms with van der Waals surface area (Å²) in [6, 6.07) is 11.3. The summed E-state index contributed by atoms with van der Waals surface area (Å²) in [4.78, 5) is 24.0. The van der Waals surface area contributed by atoms with Gasteiger partial charge in [-0.25, -0.2) is 4.39 Å². The van der Waals surface area contributed by atoms with Crippen LogP contribution in [0.1, 0.15) is 22.7 Å². The van der Waals surface area contributed by atoms with E-state index in [0.29, 0.717) is 29.2 Å². The summed E-state index contributed by atoms with van der Waals surface area (Å²) in [5, 5.41) is 0. The van der Waals surface area contributed by atoms with Gasteiger partial charge in [0.1, 0.15) is 23.0 Å². The Hall–Kier alpha value is -2.87. The Morgan fingerprint density at radius 2 is 1.96 bits per heavy atom. The third-order valence-electron chi connectivity index (χ3n) is 3.92. The Balaban J connectivity index is 1.50. The van der Waals surface area contributed by atoms with Crippen LogP contribution in [0.15, 0.2) is 57.6 Å². The van der Waals surface area contributed by atoms with Crippen molar-refractivity contribution >= 4 is 27.7 Å². The number of carbonyl (C=O) groups is 2. The van der Waals surface area contributed by atoms with E-state index in [9.17, 15) is 14.0 Å². The van der Waals surface area contributed by atoms with Gasteiger partial charge in [-0.15, -0.1) is 0 Å². The number of hydrazine groups is 1. The van der Waals surface area contributed by atoms with Gasteiger partial charge in [0, 0.05) is 30.6 Å². The molecule has 2 N–H and O–H groups in total. The smallest absolute Gasteiger partial charge is 0.286 e. The number of nitrogens with one attached hydrogen (secondary N) is 2. The summed E-state index contributed by atoms with van der Waals surface area (Å²) < 4.78 is 21.8.